The molecule has 1 aromatic heterocycles. The summed E-state index contributed by atoms with van der Waals surface area (Å²) in [5.74, 6) is 0.504. The second-order valence-corrected chi connectivity index (χ2v) is 9.20. The lowest BCUT2D eigenvalue weighted by Crippen LogP contribution is -2.52. The molecule has 2 unspecified atom stereocenters. The summed E-state index contributed by atoms with van der Waals surface area (Å²) in [6.45, 7) is 9.37. The number of amides is 1. The van der Waals surface area contributed by atoms with Crippen LogP contribution in [0.4, 0.5) is 19.3 Å². The number of piperidine rings is 1. The van der Waals surface area contributed by atoms with Crippen LogP contribution in [0, 0.1) is 11.3 Å². The summed E-state index contributed by atoms with van der Waals surface area (Å²) in [4.78, 5) is 15.4. The van der Waals surface area contributed by atoms with Crippen LogP contribution in [0.15, 0.2) is 6.20 Å². The van der Waals surface area contributed by atoms with E-state index in [-0.39, 0.29) is 28.9 Å². The average Bonchev–Trinajstić information content (AvgIpc) is 2.94. The SMILES string of the molecule is CC(C)(C)C1CC(CCN2CC(n3cc(N)c(C(F)F)n3)C2)CCN1C(=O)O. The highest BCUT2D eigenvalue weighted by Gasteiger charge is 2.39. The molecule has 0 aliphatic carbocycles. The molecule has 2 atom stereocenters. The fourth-order valence-electron chi connectivity index (χ4n) is 4.38. The zero-order valence-corrected chi connectivity index (χ0v) is 16.8. The number of hydrogen-bond donors (Lipinski definition) is 2. The molecule has 1 aromatic rings. The molecule has 3 heterocycles. The maximum Gasteiger partial charge on any atom is 0.407 e. The molecule has 0 bridgehead atoms. The molecule has 3 rings (SSSR count). The van der Waals surface area contributed by atoms with E-state index in [1.54, 1.807) is 9.58 Å². The maximum atomic E-state index is 12.8. The van der Waals surface area contributed by atoms with Gasteiger partial charge in [-0.25, -0.2) is 13.6 Å². The van der Waals surface area contributed by atoms with Gasteiger partial charge in [-0.05, 0) is 37.1 Å². The van der Waals surface area contributed by atoms with Gasteiger partial charge in [-0.1, -0.05) is 20.8 Å². The third kappa shape index (κ3) is 4.39. The minimum Gasteiger partial charge on any atom is -0.465 e. The average molecular weight is 399 g/mol. The number of carboxylic acid groups (broad SMARTS) is 1. The lowest BCUT2D eigenvalue weighted by atomic mass is 9.76. The largest absolute Gasteiger partial charge is 0.465 e. The van der Waals surface area contributed by atoms with Crippen molar-refractivity contribution in [3.63, 3.8) is 0 Å². The minimum absolute atomic E-state index is 0.0349. The monoisotopic (exact) mass is 399 g/mol. The Balaban J connectivity index is 1.47. The smallest absolute Gasteiger partial charge is 0.407 e. The number of aromatic nitrogens is 2. The minimum atomic E-state index is -2.65. The van der Waals surface area contributed by atoms with Crippen LogP contribution in [0.2, 0.25) is 0 Å². The summed E-state index contributed by atoms with van der Waals surface area (Å²) in [5.41, 5.74) is 5.24. The van der Waals surface area contributed by atoms with E-state index in [4.69, 9.17) is 5.73 Å². The molecule has 28 heavy (non-hydrogen) atoms. The van der Waals surface area contributed by atoms with E-state index in [0.29, 0.717) is 12.5 Å². The summed E-state index contributed by atoms with van der Waals surface area (Å²) in [5, 5.41) is 13.4. The second-order valence-electron chi connectivity index (χ2n) is 9.20. The van der Waals surface area contributed by atoms with Gasteiger partial charge in [-0.2, -0.15) is 5.10 Å². The summed E-state index contributed by atoms with van der Waals surface area (Å²) in [6, 6.07) is 0.124. The van der Waals surface area contributed by atoms with Crippen LogP contribution in [-0.2, 0) is 0 Å². The third-order valence-electron chi connectivity index (χ3n) is 6.12. The molecule has 2 aliphatic rings. The van der Waals surface area contributed by atoms with E-state index in [2.05, 4.69) is 30.8 Å². The first kappa shape index (κ1) is 20.8. The molecule has 2 aliphatic heterocycles. The number of likely N-dealkylation sites (tertiary alicyclic amines) is 2. The van der Waals surface area contributed by atoms with Crippen LogP contribution in [-0.4, -0.2) is 63.0 Å². The van der Waals surface area contributed by atoms with Gasteiger partial charge in [0.2, 0.25) is 0 Å². The summed E-state index contributed by atoms with van der Waals surface area (Å²) in [6.07, 6.45) is 0.829. The van der Waals surface area contributed by atoms with Gasteiger partial charge in [0.15, 0.2) is 5.69 Å². The Morgan fingerprint density at radius 3 is 2.61 bits per heavy atom. The molecule has 9 heteroatoms. The topological polar surface area (TPSA) is 87.6 Å². The third-order valence-corrected chi connectivity index (χ3v) is 6.12. The van der Waals surface area contributed by atoms with Crippen molar-refractivity contribution in [3.05, 3.63) is 11.9 Å². The molecule has 1 amide bonds. The van der Waals surface area contributed by atoms with Crippen molar-refractivity contribution in [2.75, 3.05) is 31.9 Å². The van der Waals surface area contributed by atoms with Crippen molar-refractivity contribution in [2.45, 2.75) is 58.5 Å². The van der Waals surface area contributed by atoms with Crippen LogP contribution in [0.1, 0.15) is 58.2 Å². The molecule has 0 spiro atoms. The predicted molar refractivity (Wildman–Crippen MR) is 102 cm³/mol. The van der Waals surface area contributed by atoms with Crippen LogP contribution in [0.25, 0.3) is 0 Å². The number of halogens is 2. The Bertz CT molecular complexity index is 697. The van der Waals surface area contributed by atoms with E-state index in [9.17, 15) is 18.7 Å². The van der Waals surface area contributed by atoms with Gasteiger partial charge in [0.1, 0.15) is 0 Å². The number of anilines is 1. The molecular formula is C19H31F2N5O2. The zero-order valence-electron chi connectivity index (χ0n) is 16.8. The van der Waals surface area contributed by atoms with Gasteiger partial charge in [0, 0.05) is 31.9 Å². The summed E-state index contributed by atoms with van der Waals surface area (Å²) < 4.78 is 27.2. The number of nitrogens with two attached hydrogens (primary N) is 1. The first-order valence-electron chi connectivity index (χ1n) is 9.91. The number of hydrogen-bond acceptors (Lipinski definition) is 4. The Hall–Kier alpha value is -1.90. The van der Waals surface area contributed by atoms with E-state index >= 15 is 0 Å². The van der Waals surface area contributed by atoms with Crippen molar-refractivity contribution in [3.8, 4) is 0 Å². The summed E-state index contributed by atoms with van der Waals surface area (Å²) >= 11 is 0. The van der Waals surface area contributed by atoms with Crippen molar-refractivity contribution < 1.29 is 18.7 Å². The number of carbonyl (C=O) groups is 1. The molecular weight excluding hydrogens is 368 g/mol. The highest BCUT2D eigenvalue weighted by atomic mass is 19.3. The second kappa shape index (κ2) is 7.85. The van der Waals surface area contributed by atoms with E-state index in [1.165, 1.54) is 6.20 Å². The van der Waals surface area contributed by atoms with Crippen molar-refractivity contribution >= 4 is 11.8 Å². The molecule has 2 saturated heterocycles. The Labute approximate surface area is 164 Å². The van der Waals surface area contributed by atoms with E-state index in [1.807, 2.05) is 0 Å². The van der Waals surface area contributed by atoms with Crippen LogP contribution in [0.3, 0.4) is 0 Å². The normalized spacial score (nSPS) is 24.6. The molecule has 0 radical (unpaired) electrons. The van der Waals surface area contributed by atoms with Gasteiger partial charge < -0.3 is 15.7 Å². The quantitative estimate of drug-likeness (QED) is 0.792. The molecule has 0 saturated carbocycles. The highest BCUT2D eigenvalue weighted by Crippen LogP contribution is 2.36. The fourth-order valence-corrected chi connectivity index (χ4v) is 4.38. The van der Waals surface area contributed by atoms with Crippen molar-refractivity contribution in [1.82, 2.24) is 19.6 Å². The zero-order chi connectivity index (χ0) is 20.6. The lowest BCUT2D eigenvalue weighted by molar-refractivity contribution is 0.0310. The highest BCUT2D eigenvalue weighted by molar-refractivity contribution is 5.65. The molecule has 158 valence electrons. The van der Waals surface area contributed by atoms with Crippen LogP contribution < -0.4 is 5.73 Å². The standard InChI is InChI=1S/C19H31F2N5O2/c1-19(2,3)15-8-12(5-7-25(15)18(27)28)4-6-24-9-13(10-24)26-11-14(22)16(23-26)17(20)21/h11-13,15,17H,4-10,22H2,1-3H3,(H,27,28). The molecule has 3 N–H and O–H groups in total. The van der Waals surface area contributed by atoms with Gasteiger partial charge in [-0.3, -0.25) is 9.58 Å². The summed E-state index contributed by atoms with van der Waals surface area (Å²) in [7, 11) is 0. The molecule has 7 nitrogen and oxygen atoms in total. The van der Waals surface area contributed by atoms with Gasteiger partial charge in [0.05, 0.1) is 11.7 Å². The van der Waals surface area contributed by atoms with Gasteiger partial charge in [-0.15, -0.1) is 0 Å². The van der Waals surface area contributed by atoms with Crippen molar-refractivity contribution in [2.24, 2.45) is 11.3 Å². The lowest BCUT2D eigenvalue weighted by Gasteiger charge is -2.45. The Morgan fingerprint density at radius 2 is 2.07 bits per heavy atom. The van der Waals surface area contributed by atoms with E-state index < -0.39 is 12.5 Å². The number of alkyl halides is 2. The molecule has 0 aromatic carbocycles. The maximum absolute atomic E-state index is 12.8. The predicted octanol–water partition coefficient (Wildman–Crippen LogP) is 3.45. The Kier molecular flexibility index (Phi) is 5.84. The van der Waals surface area contributed by atoms with E-state index in [0.717, 1.165) is 38.9 Å². The first-order chi connectivity index (χ1) is 13.1. The van der Waals surface area contributed by atoms with Gasteiger partial charge >= 0.3 is 6.09 Å². The van der Waals surface area contributed by atoms with Crippen LogP contribution >= 0.6 is 0 Å². The first-order valence-corrected chi connectivity index (χ1v) is 9.91. The Morgan fingerprint density at radius 1 is 1.39 bits per heavy atom. The number of nitrogens with zero attached hydrogens (tertiary/aromatic N) is 4. The van der Waals surface area contributed by atoms with Gasteiger partial charge in [0.25, 0.3) is 6.43 Å². The molecule has 2 fully saturated rings. The van der Waals surface area contributed by atoms with Crippen molar-refractivity contribution in [1.29, 1.82) is 0 Å². The fraction of sp³-hybridized carbons (Fsp3) is 0.789. The van der Waals surface area contributed by atoms with Crippen LogP contribution in [0.5, 0.6) is 0 Å². The number of rotatable bonds is 5. The number of nitrogen functional groups attached to an aromatic ring is 1.